The fourth-order valence-corrected chi connectivity index (χ4v) is 2.93. The van der Waals surface area contributed by atoms with Crippen molar-refractivity contribution < 1.29 is 0 Å². The maximum Gasteiger partial charge on any atom is 0.108 e. The molecule has 0 saturated heterocycles. The number of nitrogens with two attached hydrogens (primary N) is 1. The molecule has 3 nitrogen and oxygen atoms in total. The van der Waals surface area contributed by atoms with Gasteiger partial charge in [-0.1, -0.05) is 19.8 Å². The normalized spacial score (nSPS) is 30.6. The van der Waals surface area contributed by atoms with Crippen molar-refractivity contribution in [2.24, 2.45) is 18.7 Å². The van der Waals surface area contributed by atoms with Crippen molar-refractivity contribution in [2.45, 2.75) is 51.0 Å². The second-order valence-electron chi connectivity index (χ2n) is 5.52. The molecule has 0 spiro atoms. The molecule has 16 heavy (non-hydrogen) atoms. The third-order valence-electron chi connectivity index (χ3n) is 3.89. The lowest BCUT2D eigenvalue weighted by molar-refractivity contribution is 0.222. The van der Waals surface area contributed by atoms with Crippen LogP contribution in [0.25, 0.3) is 0 Å². The van der Waals surface area contributed by atoms with E-state index in [1.165, 1.54) is 25.7 Å². The number of hydrogen-bond acceptors (Lipinski definition) is 2. The summed E-state index contributed by atoms with van der Waals surface area (Å²) in [5.74, 6) is 1.95. The van der Waals surface area contributed by atoms with Crippen LogP contribution in [0.4, 0.5) is 0 Å². The maximum atomic E-state index is 6.48. The van der Waals surface area contributed by atoms with Gasteiger partial charge in [0.1, 0.15) is 5.82 Å². The van der Waals surface area contributed by atoms with Crippen molar-refractivity contribution in [3.8, 4) is 0 Å². The van der Waals surface area contributed by atoms with E-state index < -0.39 is 0 Å². The van der Waals surface area contributed by atoms with E-state index in [2.05, 4.69) is 23.5 Å². The molecule has 0 amide bonds. The smallest absolute Gasteiger partial charge is 0.108 e. The van der Waals surface area contributed by atoms with E-state index in [0.29, 0.717) is 0 Å². The number of rotatable bonds is 3. The van der Waals surface area contributed by atoms with Gasteiger partial charge < -0.3 is 10.3 Å². The van der Waals surface area contributed by atoms with E-state index in [1.807, 2.05) is 12.4 Å². The second kappa shape index (κ2) is 4.58. The third kappa shape index (κ3) is 2.64. The van der Waals surface area contributed by atoms with Gasteiger partial charge in [0.15, 0.2) is 0 Å². The molecule has 1 aromatic rings. The van der Waals surface area contributed by atoms with Crippen LogP contribution in [-0.4, -0.2) is 15.1 Å². The Bertz CT molecular complexity index is 345. The van der Waals surface area contributed by atoms with Gasteiger partial charge in [0.05, 0.1) is 0 Å². The Hall–Kier alpha value is -0.830. The van der Waals surface area contributed by atoms with Gasteiger partial charge in [-0.15, -0.1) is 0 Å². The van der Waals surface area contributed by atoms with Gasteiger partial charge in [-0.05, 0) is 25.2 Å². The van der Waals surface area contributed by atoms with Gasteiger partial charge >= 0.3 is 0 Å². The molecule has 1 aliphatic carbocycles. The molecule has 3 heteroatoms. The highest BCUT2D eigenvalue weighted by Crippen LogP contribution is 2.33. The van der Waals surface area contributed by atoms with E-state index in [1.54, 1.807) is 0 Å². The van der Waals surface area contributed by atoms with E-state index in [-0.39, 0.29) is 5.54 Å². The summed E-state index contributed by atoms with van der Waals surface area (Å²) >= 11 is 0. The number of hydrogen-bond donors (Lipinski definition) is 1. The van der Waals surface area contributed by atoms with E-state index in [9.17, 15) is 0 Å². The average molecular weight is 221 g/mol. The number of imidazole rings is 1. The molecule has 0 radical (unpaired) electrons. The lowest BCUT2D eigenvalue weighted by Crippen LogP contribution is -2.44. The Labute approximate surface area is 98.1 Å². The van der Waals surface area contributed by atoms with Crippen LogP contribution < -0.4 is 5.73 Å². The van der Waals surface area contributed by atoms with Gasteiger partial charge in [0.25, 0.3) is 0 Å². The van der Waals surface area contributed by atoms with Crippen LogP contribution in [0.3, 0.4) is 0 Å². The second-order valence-corrected chi connectivity index (χ2v) is 5.52. The Balaban J connectivity index is 1.91. The summed E-state index contributed by atoms with van der Waals surface area (Å²) in [4.78, 5) is 4.36. The lowest BCUT2D eigenvalue weighted by Gasteiger charge is -2.36. The van der Waals surface area contributed by atoms with Gasteiger partial charge in [0.2, 0.25) is 0 Å². The molecule has 2 rings (SSSR count). The van der Waals surface area contributed by atoms with Gasteiger partial charge in [-0.2, -0.15) is 0 Å². The highest BCUT2D eigenvalue weighted by Gasteiger charge is 2.30. The molecule has 1 saturated carbocycles. The molecule has 2 N–H and O–H groups in total. The Morgan fingerprint density at radius 1 is 1.62 bits per heavy atom. The Kier molecular flexibility index (Phi) is 3.33. The van der Waals surface area contributed by atoms with Gasteiger partial charge in [0, 0.05) is 31.4 Å². The molecule has 2 unspecified atom stereocenters. The minimum Gasteiger partial charge on any atom is -0.338 e. The molecule has 1 heterocycles. The summed E-state index contributed by atoms with van der Waals surface area (Å²) in [5, 5.41) is 0. The van der Waals surface area contributed by atoms with Crippen LogP contribution in [0.5, 0.6) is 0 Å². The molecular weight excluding hydrogens is 198 g/mol. The van der Waals surface area contributed by atoms with Crippen LogP contribution in [0.1, 0.15) is 44.9 Å². The van der Waals surface area contributed by atoms with Crippen LogP contribution in [0.2, 0.25) is 0 Å². The largest absolute Gasteiger partial charge is 0.338 e. The minimum atomic E-state index is 0.0591. The first kappa shape index (κ1) is 11.6. The predicted octanol–water partition coefficient (Wildman–Crippen LogP) is 2.26. The summed E-state index contributed by atoms with van der Waals surface area (Å²) < 4.78 is 2.09. The maximum absolute atomic E-state index is 6.48. The molecule has 1 aliphatic rings. The van der Waals surface area contributed by atoms with Crippen LogP contribution in [0.15, 0.2) is 12.4 Å². The highest BCUT2D eigenvalue weighted by atomic mass is 15.0. The van der Waals surface area contributed by atoms with E-state index >= 15 is 0 Å². The quantitative estimate of drug-likeness (QED) is 0.851. The number of aromatic nitrogens is 2. The van der Waals surface area contributed by atoms with Crippen molar-refractivity contribution in [2.75, 3.05) is 0 Å². The van der Waals surface area contributed by atoms with Crippen LogP contribution >= 0.6 is 0 Å². The standard InChI is InChI=1S/C13H23N3/c1-11-4-3-6-13(14,10-11)7-5-12-15-8-9-16(12)2/h8-9,11H,3-7,10,14H2,1-2H3. The fraction of sp³-hybridized carbons (Fsp3) is 0.769. The minimum absolute atomic E-state index is 0.0591. The summed E-state index contributed by atoms with van der Waals surface area (Å²) in [6.45, 7) is 2.32. The Morgan fingerprint density at radius 2 is 2.44 bits per heavy atom. The van der Waals surface area contributed by atoms with E-state index in [0.717, 1.165) is 24.6 Å². The summed E-state index contributed by atoms with van der Waals surface area (Å²) in [7, 11) is 2.05. The summed E-state index contributed by atoms with van der Waals surface area (Å²) in [6.07, 6.45) is 10.9. The third-order valence-corrected chi connectivity index (χ3v) is 3.89. The van der Waals surface area contributed by atoms with Gasteiger partial charge in [-0.3, -0.25) is 0 Å². The lowest BCUT2D eigenvalue weighted by atomic mass is 9.74. The molecule has 90 valence electrons. The molecule has 0 aliphatic heterocycles. The number of aryl methyl sites for hydroxylation is 2. The molecule has 0 bridgehead atoms. The van der Waals surface area contributed by atoms with Crippen molar-refractivity contribution in [1.82, 2.24) is 9.55 Å². The molecule has 1 aromatic heterocycles. The zero-order valence-corrected chi connectivity index (χ0v) is 10.4. The average Bonchev–Trinajstić information content (AvgIpc) is 2.61. The van der Waals surface area contributed by atoms with Crippen molar-refractivity contribution >= 4 is 0 Å². The van der Waals surface area contributed by atoms with Crippen molar-refractivity contribution in [3.63, 3.8) is 0 Å². The zero-order chi connectivity index (χ0) is 11.6. The molecule has 2 atom stereocenters. The first-order chi connectivity index (χ1) is 7.59. The summed E-state index contributed by atoms with van der Waals surface area (Å²) in [5.41, 5.74) is 6.54. The highest BCUT2D eigenvalue weighted by molar-refractivity contribution is 4.96. The Morgan fingerprint density at radius 3 is 3.06 bits per heavy atom. The monoisotopic (exact) mass is 221 g/mol. The number of nitrogens with zero attached hydrogens (tertiary/aromatic N) is 2. The van der Waals surface area contributed by atoms with Gasteiger partial charge in [-0.25, -0.2) is 4.98 Å². The van der Waals surface area contributed by atoms with Crippen molar-refractivity contribution in [3.05, 3.63) is 18.2 Å². The fourth-order valence-electron chi connectivity index (χ4n) is 2.93. The van der Waals surface area contributed by atoms with Crippen molar-refractivity contribution in [1.29, 1.82) is 0 Å². The van der Waals surface area contributed by atoms with Crippen LogP contribution in [-0.2, 0) is 13.5 Å². The topological polar surface area (TPSA) is 43.8 Å². The first-order valence-electron chi connectivity index (χ1n) is 6.34. The summed E-state index contributed by atoms with van der Waals surface area (Å²) in [6, 6.07) is 0. The SMILES string of the molecule is CC1CCCC(N)(CCc2nccn2C)C1. The van der Waals surface area contributed by atoms with E-state index in [4.69, 9.17) is 5.73 Å². The predicted molar refractivity (Wildman–Crippen MR) is 66.1 cm³/mol. The zero-order valence-electron chi connectivity index (χ0n) is 10.4. The molecule has 0 aromatic carbocycles. The molecular formula is C13H23N3. The van der Waals surface area contributed by atoms with Crippen LogP contribution in [0, 0.1) is 5.92 Å². The first-order valence-corrected chi connectivity index (χ1v) is 6.34. The molecule has 1 fully saturated rings.